The average Bonchev–Trinajstić information content (AvgIpc) is 2.81. The van der Waals surface area contributed by atoms with E-state index in [4.69, 9.17) is 5.73 Å². The van der Waals surface area contributed by atoms with Crippen LogP contribution in [0.1, 0.15) is 23.3 Å². The van der Waals surface area contributed by atoms with Crippen LogP contribution in [0.25, 0.3) is 11.1 Å². The van der Waals surface area contributed by atoms with Crippen molar-refractivity contribution < 1.29 is 9.00 Å². The number of amides is 1. The Bertz CT molecular complexity index is 681. The second-order valence-electron chi connectivity index (χ2n) is 5.41. The van der Waals surface area contributed by atoms with E-state index in [9.17, 15) is 9.00 Å². The number of carbonyl (C=O) groups is 1. The van der Waals surface area contributed by atoms with E-state index in [1.165, 1.54) is 0 Å². The molecule has 2 aromatic carbocycles. The van der Waals surface area contributed by atoms with Gasteiger partial charge in [0, 0.05) is 22.5 Å². The molecule has 2 N–H and O–H groups in total. The summed E-state index contributed by atoms with van der Waals surface area (Å²) in [7, 11) is -1.17. The van der Waals surface area contributed by atoms with E-state index < -0.39 is 16.7 Å². The molecule has 0 fully saturated rings. The van der Waals surface area contributed by atoms with Crippen LogP contribution in [0.4, 0.5) is 0 Å². The fourth-order valence-corrected chi connectivity index (χ4v) is 4.64. The molecule has 0 radical (unpaired) electrons. The lowest BCUT2D eigenvalue weighted by molar-refractivity contribution is -0.120. The number of carbonyl (C=O) groups excluding carboxylic acids is 1. The molecular formula is C17H17NO2S. The summed E-state index contributed by atoms with van der Waals surface area (Å²) >= 11 is 0. The number of primary amides is 1. The molecule has 2 aromatic rings. The molecule has 0 spiro atoms. The van der Waals surface area contributed by atoms with Crippen LogP contribution in [0.15, 0.2) is 48.5 Å². The third-order valence-electron chi connectivity index (χ3n) is 3.94. The highest BCUT2D eigenvalue weighted by molar-refractivity contribution is 7.85. The van der Waals surface area contributed by atoms with Crippen molar-refractivity contribution in [3.8, 4) is 11.1 Å². The lowest BCUT2D eigenvalue weighted by Gasteiger charge is -2.15. The van der Waals surface area contributed by atoms with Crippen molar-refractivity contribution in [3.63, 3.8) is 0 Å². The second kappa shape index (κ2) is 5.45. The topological polar surface area (TPSA) is 60.2 Å². The maximum Gasteiger partial charge on any atom is 0.221 e. The normalized spacial score (nSPS) is 16.0. The Hall–Kier alpha value is -1.94. The minimum absolute atomic E-state index is 0.167. The molecule has 0 aliphatic heterocycles. The molecule has 2 unspecified atom stereocenters. The predicted octanol–water partition coefficient (Wildman–Crippen LogP) is 2.63. The fraction of sp³-hybridized carbons (Fsp3) is 0.235. The molecule has 2 atom stereocenters. The van der Waals surface area contributed by atoms with E-state index >= 15 is 0 Å². The highest BCUT2D eigenvalue weighted by atomic mass is 32.2. The Morgan fingerprint density at radius 1 is 1.10 bits per heavy atom. The van der Waals surface area contributed by atoms with Gasteiger partial charge in [0.1, 0.15) is 0 Å². The van der Waals surface area contributed by atoms with Gasteiger partial charge in [0.15, 0.2) is 0 Å². The van der Waals surface area contributed by atoms with Crippen LogP contribution < -0.4 is 5.73 Å². The third-order valence-corrected chi connectivity index (χ3v) is 5.80. The van der Waals surface area contributed by atoms with Gasteiger partial charge in [-0.25, -0.2) is 0 Å². The van der Waals surface area contributed by atoms with Crippen molar-refractivity contribution in [1.29, 1.82) is 0 Å². The fourth-order valence-electron chi connectivity index (χ4n) is 2.82. The molecule has 1 amide bonds. The average molecular weight is 299 g/mol. The van der Waals surface area contributed by atoms with Crippen LogP contribution in [0.2, 0.25) is 0 Å². The summed E-state index contributed by atoms with van der Waals surface area (Å²) in [5.41, 5.74) is 9.73. The van der Waals surface area contributed by atoms with Crippen LogP contribution >= 0.6 is 0 Å². The van der Waals surface area contributed by atoms with Crippen molar-refractivity contribution >= 4 is 16.7 Å². The summed E-state index contributed by atoms with van der Waals surface area (Å²) in [4.78, 5) is 11.2. The number of hydrogen-bond donors (Lipinski definition) is 1. The lowest BCUT2D eigenvalue weighted by Crippen LogP contribution is -2.26. The smallest absolute Gasteiger partial charge is 0.221 e. The number of rotatable bonds is 4. The summed E-state index contributed by atoms with van der Waals surface area (Å²) in [6.07, 6.45) is 0. The second-order valence-corrected chi connectivity index (χ2v) is 6.97. The zero-order chi connectivity index (χ0) is 15.0. The van der Waals surface area contributed by atoms with E-state index in [1.807, 2.05) is 36.4 Å². The first-order chi connectivity index (χ1) is 10.1. The van der Waals surface area contributed by atoms with Gasteiger partial charge in [-0.05, 0) is 22.3 Å². The van der Waals surface area contributed by atoms with Gasteiger partial charge in [-0.15, -0.1) is 0 Å². The third kappa shape index (κ3) is 2.40. The van der Waals surface area contributed by atoms with E-state index in [1.54, 1.807) is 6.92 Å². The predicted molar refractivity (Wildman–Crippen MR) is 85.1 cm³/mol. The minimum atomic E-state index is -1.17. The van der Waals surface area contributed by atoms with Crippen LogP contribution in [-0.4, -0.2) is 15.9 Å². The van der Waals surface area contributed by atoms with Crippen molar-refractivity contribution in [2.45, 2.75) is 12.2 Å². The zero-order valence-electron chi connectivity index (χ0n) is 11.8. The SMILES string of the molecule is CC(CS(=O)C1c2ccccc2-c2ccccc21)C(N)=O. The van der Waals surface area contributed by atoms with Crippen molar-refractivity contribution in [2.24, 2.45) is 11.7 Å². The molecule has 21 heavy (non-hydrogen) atoms. The lowest BCUT2D eigenvalue weighted by atomic mass is 10.1. The first-order valence-electron chi connectivity index (χ1n) is 6.94. The monoisotopic (exact) mass is 299 g/mol. The number of fused-ring (bicyclic) bond motifs is 3. The zero-order valence-corrected chi connectivity index (χ0v) is 12.6. The number of nitrogens with two attached hydrogens (primary N) is 1. The molecule has 108 valence electrons. The molecule has 0 heterocycles. The molecule has 0 aromatic heterocycles. The number of hydrogen-bond acceptors (Lipinski definition) is 2. The summed E-state index contributed by atoms with van der Waals surface area (Å²) in [6, 6.07) is 16.1. The summed E-state index contributed by atoms with van der Waals surface area (Å²) < 4.78 is 12.8. The quantitative estimate of drug-likeness (QED) is 0.943. The van der Waals surface area contributed by atoms with E-state index in [0.717, 1.165) is 22.3 Å². The Morgan fingerprint density at radius 3 is 2.05 bits per heavy atom. The first-order valence-corrected chi connectivity index (χ1v) is 8.32. The summed E-state index contributed by atoms with van der Waals surface area (Å²) in [5, 5.41) is -0.167. The molecule has 3 rings (SSSR count). The minimum Gasteiger partial charge on any atom is -0.369 e. The van der Waals surface area contributed by atoms with Crippen LogP contribution in [0, 0.1) is 5.92 Å². The van der Waals surface area contributed by atoms with Crippen molar-refractivity contribution in [1.82, 2.24) is 0 Å². The Balaban J connectivity index is 2.03. The Labute approximate surface area is 126 Å². The highest BCUT2D eigenvalue weighted by Gasteiger charge is 2.33. The van der Waals surface area contributed by atoms with Crippen LogP contribution in [0.3, 0.4) is 0 Å². The van der Waals surface area contributed by atoms with Crippen LogP contribution in [-0.2, 0) is 15.6 Å². The van der Waals surface area contributed by atoms with E-state index in [2.05, 4.69) is 12.1 Å². The molecule has 1 aliphatic carbocycles. The Kier molecular flexibility index (Phi) is 3.64. The number of benzene rings is 2. The molecule has 3 nitrogen and oxygen atoms in total. The molecule has 0 saturated carbocycles. The highest BCUT2D eigenvalue weighted by Crippen LogP contribution is 2.46. The van der Waals surface area contributed by atoms with Gasteiger partial charge in [-0.3, -0.25) is 9.00 Å². The van der Waals surface area contributed by atoms with Gasteiger partial charge in [0.2, 0.25) is 5.91 Å². The molecule has 4 heteroatoms. The maximum absolute atomic E-state index is 12.8. The van der Waals surface area contributed by atoms with Gasteiger partial charge in [-0.2, -0.15) is 0 Å². The van der Waals surface area contributed by atoms with Gasteiger partial charge >= 0.3 is 0 Å². The first kappa shape index (κ1) is 14.0. The Morgan fingerprint density at radius 2 is 1.57 bits per heavy atom. The maximum atomic E-state index is 12.8. The van der Waals surface area contributed by atoms with E-state index in [0.29, 0.717) is 5.75 Å². The van der Waals surface area contributed by atoms with Gasteiger partial charge < -0.3 is 5.73 Å². The molecule has 0 saturated heterocycles. The van der Waals surface area contributed by atoms with Crippen molar-refractivity contribution in [2.75, 3.05) is 5.75 Å². The van der Waals surface area contributed by atoms with E-state index in [-0.39, 0.29) is 11.2 Å². The molecule has 1 aliphatic rings. The molecule has 0 bridgehead atoms. The van der Waals surface area contributed by atoms with Gasteiger partial charge in [-0.1, -0.05) is 55.5 Å². The molecular weight excluding hydrogens is 282 g/mol. The van der Waals surface area contributed by atoms with Gasteiger partial charge in [0.05, 0.1) is 5.25 Å². The standard InChI is InChI=1S/C17H17NO2S/c1-11(17(18)19)10-21(20)16-14-8-4-2-6-12(14)13-7-3-5-9-15(13)16/h2-9,11,16H,10H2,1H3,(H2,18,19). The van der Waals surface area contributed by atoms with Crippen molar-refractivity contribution in [3.05, 3.63) is 59.7 Å². The van der Waals surface area contributed by atoms with Crippen LogP contribution in [0.5, 0.6) is 0 Å². The van der Waals surface area contributed by atoms with Gasteiger partial charge in [0.25, 0.3) is 0 Å². The summed E-state index contributed by atoms with van der Waals surface area (Å²) in [5.74, 6) is -0.489. The largest absolute Gasteiger partial charge is 0.369 e. The summed E-state index contributed by atoms with van der Waals surface area (Å²) in [6.45, 7) is 1.73.